The third-order valence-electron chi connectivity index (χ3n) is 2.88. The van der Waals surface area contributed by atoms with E-state index in [1.54, 1.807) is 0 Å². The van der Waals surface area contributed by atoms with Gasteiger partial charge in [0.15, 0.2) is 5.17 Å². The van der Waals surface area contributed by atoms with Crippen LogP contribution in [0.15, 0.2) is 23.2 Å². The molecule has 0 atom stereocenters. The fourth-order valence-corrected chi connectivity index (χ4v) is 3.29. The summed E-state index contributed by atoms with van der Waals surface area (Å²) in [5, 5.41) is 3.26. The SMILES string of the molecule is CC1(C)CCSC(Nc2ccc(Cl)c(C(F)(F)F)c2)=N1. The molecule has 1 aromatic carbocycles. The van der Waals surface area contributed by atoms with Crippen LogP contribution in [0.3, 0.4) is 0 Å². The van der Waals surface area contributed by atoms with Crippen molar-refractivity contribution in [1.82, 2.24) is 0 Å². The van der Waals surface area contributed by atoms with E-state index in [9.17, 15) is 13.2 Å². The van der Waals surface area contributed by atoms with E-state index in [-0.39, 0.29) is 10.6 Å². The molecule has 0 saturated carbocycles. The molecule has 110 valence electrons. The van der Waals surface area contributed by atoms with Crippen molar-refractivity contribution in [2.45, 2.75) is 32.0 Å². The van der Waals surface area contributed by atoms with Crippen LogP contribution in [0.25, 0.3) is 0 Å². The van der Waals surface area contributed by atoms with Gasteiger partial charge in [0.05, 0.1) is 16.1 Å². The van der Waals surface area contributed by atoms with Gasteiger partial charge in [0.2, 0.25) is 0 Å². The molecule has 0 radical (unpaired) electrons. The Morgan fingerprint density at radius 3 is 2.65 bits per heavy atom. The second kappa shape index (κ2) is 5.48. The van der Waals surface area contributed by atoms with Crippen LogP contribution in [0.5, 0.6) is 0 Å². The summed E-state index contributed by atoms with van der Waals surface area (Å²) in [5.41, 5.74) is -0.692. The van der Waals surface area contributed by atoms with Gasteiger partial charge in [-0.2, -0.15) is 13.2 Å². The number of amidine groups is 1. The highest BCUT2D eigenvalue weighted by molar-refractivity contribution is 8.14. The van der Waals surface area contributed by atoms with E-state index in [0.29, 0.717) is 10.9 Å². The summed E-state index contributed by atoms with van der Waals surface area (Å²) in [6.45, 7) is 3.99. The van der Waals surface area contributed by atoms with Crippen LogP contribution >= 0.6 is 23.4 Å². The van der Waals surface area contributed by atoms with Gasteiger partial charge in [0.1, 0.15) is 0 Å². The molecule has 0 unspecified atom stereocenters. The standard InChI is InChI=1S/C13H14ClF3N2S/c1-12(2)5-6-20-11(19-12)18-8-3-4-10(14)9(7-8)13(15,16)17/h3-4,7H,5-6H2,1-2H3,(H,18,19). The van der Waals surface area contributed by atoms with Crippen LogP contribution in [0.4, 0.5) is 18.9 Å². The molecule has 1 N–H and O–H groups in total. The average Bonchev–Trinajstić information content (AvgIpc) is 2.29. The highest BCUT2D eigenvalue weighted by Crippen LogP contribution is 2.36. The molecule has 7 heteroatoms. The van der Waals surface area contributed by atoms with Gasteiger partial charge in [-0.1, -0.05) is 23.4 Å². The van der Waals surface area contributed by atoms with Crippen molar-refractivity contribution < 1.29 is 13.2 Å². The predicted octanol–water partition coefficient (Wildman–Crippen LogP) is 5.04. The van der Waals surface area contributed by atoms with E-state index in [1.165, 1.54) is 23.9 Å². The molecule has 1 aliphatic heterocycles. The Bertz CT molecular complexity index is 541. The van der Waals surface area contributed by atoms with Crippen molar-refractivity contribution in [1.29, 1.82) is 0 Å². The van der Waals surface area contributed by atoms with Gasteiger partial charge in [-0.15, -0.1) is 0 Å². The number of halogens is 4. The largest absolute Gasteiger partial charge is 0.417 e. The fraction of sp³-hybridized carbons (Fsp3) is 0.462. The van der Waals surface area contributed by atoms with Crippen LogP contribution in [-0.2, 0) is 6.18 Å². The zero-order valence-electron chi connectivity index (χ0n) is 11.0. The van der Waals surface area contributed by atoms with Crippen molar-refractivity contribution in [2.75, 3.05) is 11.1 Å². The van der Waals surface area contributed by atoms with Gasteiger partial charge in [-0.05, 0) is 38.5 Å². The average molecular weight is 323 g/mol. The third-order valence-corrected chi connectivity index (χ3v) is 4.08. The zero-order valence-corrected chi connectivity index (χ0v) is 12.6. The molecule has 0 aliphatic carbocycles. The molecular formula is C13H14ClF3N2S. The van der Waals surface area contributed by atoms with Crippen LogP contribution in [0.1, 0.15) is 25.8 Å². The molecule has 0 spiro atoms. The normalized spacial score (nSPS) is 18.6. The molecule has 2 nitrogen and oxygen atoms in total. The van der Waals surface area contributed by atoms with Gasteiger partial charge in [-0.3, -0.25) is 4.99 Å². The predicted molar refractivity (Wildman–Crippen MR) is 78.7 cm³/mol. The second-order valence-corrected chi connectivity index (χ2v) is 6.64. The quantitative estimate of drug-likeness (QED) is 0.783. The number of alkyl halides is 3. The van der Waals surface area contributed by atoms with Crippen molar-refractivity contribution in [2.24, 2.45) is 4.99 Å². The van der Waals surface area contributed by atoms with Gasteiger partial charge < -0.3 is 5.32 Å². The minimum atomic E-state index is -4.46. The molecule has 0 bridgehead atoms. The summed E-state index contributed by atoms with van der Waals surface area (Å²) in [5.74, 6) is 0.887. The van der Waals surface area contributed by atoms with Crippen molar-refractivity contribution in [3.8, 4) is 0 Å². The van der Waals surface area contributed by atoms with Crippen LogP contribution in [0.2, 0.25) is 5.02 Å². The van der Waals surface area contributed by atoms with E-state index in [1.807, 2.05) is 13.8 Å². The molecule has 1 aliphatic rings. The molecule has 0 saturated heterocycles. The van der Waals surface area contributed by atoms with E-state index < -0.39 is 11.7 Å². The number of anilines is 1. The third kappa shape index (κ3) is 3.82. The Morgan fingerprint density at radius 1 is 1.35 bits per heavy atom. The molecule has 0 aromatic heterocycles. The Hall–Kier alpha value is -0.880. The molecule has 1 aromatic rings. The smallest absolute Gasteiger partial charge is 0.335 e. The van der Waals surface area contributed by atoms with Crippen LogP contribution in [0, 0.1) is 0 Å². The second-order valence-electron chi connectivity index (χ2n) is 5.15. The first-order valence-corrected chi connectivity index (χ1v) is 7.40. The number of aliphatic imine (C=N–C) groups is 1. The molecule has 2 rings (SSSR count). The summed E-state index contributed by atoms with van der Waals surface area (Å²) >= 11 is 7.09. The van der Waals surface area contributed by atoms with Gasteiger partial charge in [0.25, 0.3) is 0 Å². The molecular weight excluding hydrogens is 309 g/mol. The van der Waals surface area contributed by atoms with E-state index in [0.717, 1.165) is 18.2 Å². The van der Waals surface area contributed by atoms with Crippen LogP contribution < -0.4 is 5.32 Å². The Morgan fingerprint density at radius 2 is 2.05 bits per heavy atom. The number of thioether (sulfide) groups is 1. The summed E-state index contributed by atoms with van der Waals surface area (Å²) < 4.78 is 38.3. The van der Waals surface area contributed by atoms with Crippen LogP contribution in [-0.4, -0.2) is 16.5 Å². The van der Waals surface area contributed by atoms with Gasteiger partial charge >= 0.3 is 6.18 Å². The first-order chi connectivity index (χ1) is 9.17. The summed E-state index contributed by atoms with van der Waals surface area (Å²) in [4.78, 5) is 4.48. The van der Waals surface area contributed by atoms with E-state index >= 15 is 0 Å². The zero-order chi connectivity index (χ0) is 15.0. The molecule has 0 fully saturated rings. The number of nitrogens with zero attached hydrogens (tertiary/aromatic N) is 1. The first kappa shape index (κ1) is 15.5. The van der Waals surface area contributed by atoms with Gasteiger partial charge in [-0.25, -0.2) is 0 Å². The number of hydrogen-bond acceptors (Lipinski definition) is 3. The lowest BCUT2D eigenvalue weighted by Gasteiger charge is -2.26. The van der Waals surface area contributed by atoms with Crippen molar-refractivity contribution >= 4 is 34.2 Å². The fourth-order valence-electron chi connectivity index (χ4n) is 1.77. The lowest BCUT2D eigenvalue weighted by atomic mass is 10.0. The summed E-state index contributed by atoms with van der Waals surface area (Å²) in [6, 6.07) is 3.77. The van der Waals surface area contributed by atoms with Crippen molar-refractivity contribution in [3.05, 3.63) is 28.8 Å². The molecule has 1 heterocycles. The topological polar surface area (TPSA) is 24.4 Å². The monoisotopic (exact) mass is 322 g/mol. The Balaban J connectivity index is 2.25. The summed E-state index contributed by atoms with van der Waals surface area (Å²) in [6.07, 6.45) is -3.52. The first-order valence-electron chi connectivity index (χ1n) is 6.04. The maximum atomic E-state index is 12.8. The van der Waals surface area contributed by atoms with Crippen molar-refractivity contribution in [3.63, 3.8) is 0 Å². The Labute approximate surface area is 124 Å². The maximum absolute atomic E-state index is 12.8. The van der Waals surface area contributed by atoms with E-state index in [4.69, 9.17) is 11.6 Å². The number of nitrogens with one attached hydrogen (secondary N) is 1. The highest BCUT2D eigenvalue weighted by Gasteiger charge is 2.33. The minimum Gasteiger partial charge on any atom is -0.335 e. The summed E-state index contributed by atoms with van der Waals surface area (Å²) in [7, 11) is 0. The number of benzene rings is 1. The lowest BCUT2D eigenvalue weighted by molar-refractivity contribution is -0.137. The molecule has 0 amide bonds. The highest BCUT2D eigenvalue weighted by atomic mass is 35.5. The lowest BCUT2D eigenvalue weighted by Crippen LogP contribution is -2.27. The number of hydrogen-bond donors (Lipinski definition) is 1. The number of rotatable bonds is 1. The molecule has 20 heavy (non-hydrogen) atoms. The minimum absolute atomic E-state index is 0.188. The Kier molecular flexibility index (Phi) is 4.25. The maximum Gasteiger partial charge on any atom is 0.417 e. The van der Waals surface area contributed by atoms with Gasteiger partial charge in [0, 0.05) is 11.4 Å². The van der Waals surface area contributed by atoms with E-state index in [2.05, 4.69) is 10.3 Å².